The smallest absolute Gasteiger partial charge is 0.180 e. The first-order valence-electron chi connectivity index (χ1n) is 5.92. The summed E-state index contributed by atoms with van der Waals surface area (Å²) in [6.45, 7) is 0. The first-order valence-corrected chi connectivity index (χ1v) is 7.57. The normalized spacial score (nSPS) is 13.1. The summed E-state index contributed by atoms with van der Waals surface area (Å²) in [4.78, 5) is 0.311. The van der Waals surface area contributed by atoms with Crippen molar-refractivity contribution in [2.45, 2.75) is 10.9 Å². The van der Waals surface area contributed by atoms with E-state index >= 15 is 0 Å². The molecule has 0 saturated heterocycles. The number of sulfone groups is 1. The third-order valence-electron chi connectivity index (χ3n) is 2.89. The summed E-state index contributed by atoms with van der Waals surface area (Å²) >= 11 is 0. The Morgan fingerprint density at radius 3 is 2.00 bits per heavy atom. The van der Waals surface area contributed by atoms with Crippen LogP contribution in [0.1, 0.15) is 11.6 Å². The lowest BCUT2D eigenvalue weighted by Crippen LogP contribution is -2.33. The lowest BCUT2D eigenvalue weighted by Gasteiger charge is -2.16. The summed E-state index contributed by atoms with van der Waals surface area (Å²) in [6, 6.07) is 17.3. The van der Waals surface area contributed by atoms with E-state index in [1.165, 1.54) is 0 Å². The van der Waals surface area contributed by atoms with Gasteiger partial charge in [0, 0.05) is 0 Å². The largest absolute Gasteiger partial charge is 0.271 e. The van der Waals surface area contributed by atoms with Crippen molar-refractivity contribution < 1.29 is 8.42 Å². The maximum Gasteiger partial charge on any atom is 0.180 e. The minimum atomic E-state index is -3.36. The average molecular weight is 276 g/mol. The molecule has 19 heavy (non-hydrogen) atoms. The van der Waals surface area contributed by atoms with Crippen LogP contribution in [0, 0.1) is 0 Å². The molecule has 0 bridgehead atoms. The fourth-order valence-electron chi connectivity index (χ4n) is 1.87. The quantitative estimate of drug-likeness (QED) is 0.643. The third-order valence-corrected chi connectivity index (χ3v) is 4.65. The molecule has 0 aliphatic rings. The predicted octanol–water partition coefficient (Wildman–Crippen LogP) is 1.66. The lowest BCUT2D eigenvalue weighted by atomic mass is 10.1. The van der Waals surface area contributed by atoms with Gasteiger partial charge in [0.2, 0.25) is 0 Å². The van der Waals surface area contributed by atoms with Gasteiger partial charge in [-0.3, -0.25) is 11.3 Å². The summed E-state index contributed by atoms with van der Waals surface area (Å²) in [5.74, 6) is 5.40. The highest BCUT2D eigenvalue weighted by Gasteiger charge is 2.21. The van der Waals surface area contributed by atoms with Gasteiger partial charge in [-0.25, -0.2) is 8.42 Å². The molecule has 0 saturated carbocycles. The second-order valence-electron chi connectivity index (χ2n) is 4.22. The van der Waals surface area contributed by atoms with E-state index in [1.54, 1.807) is 30.3 Å². The zero-order chi connectivity index (χ0) is 13.7. The second kappa shape index (κ2) is 5.97. The molecule has 0 aromatic heterocycles. The van der Waals surface area contributed by atoms with Gasteiger partial charge in [0.25, 0.3) is 0 Å². The molecule has 0 aliphatic carbocycles. The van der Waals surface area contributed by atoms with E-state index in [9.17, 15) is 8.42 Å². The van der Waals surface area contributed by atoms with Crippen LogP contribution in [0.3, 0.4) is 0 Å². The minimum absolute atomic E-state index is 0.0719. The van der Waals surface area contributed by atoms with Crippen molar-refractivity contribution in [1.29, 1.82) is 0 Å². The van der Waals surface area contributed by atoms with Crippen molar-refractivity contribution in [3.8, 4) is 0 Å². The van der Waals surface area contributed by atoms with Crippen LogP contribution in [0.15, 0.2) is 65.6 Å². The molecule has 0 aliphatic heterocycles. The molecule has 2 rings (SSSR count). The number of hydrazine groups is 1. The molecule has 0 radical (unpaired) electrons. The van der Waals surface area contributed by atoms with E-state index in [2.05, 4.69) is 5.43 Å². The molecule has 1 atom stereocenters. The number of hydrogen-bond acceptors (Lipinski definition) is 4. The molecular formula is C14H16N2O2S. The molecule has 0 spiro atoms. The Bertz CT molecular complexity index is 612. The van der Waals surface area contributed by atoms with Crippen LogP contribution in [0.25, 0.3) is 0 Å². The third kappa shape index (κ3) is 3.41. The first-order chi connectivity index (χ1) is 9.13. The highest BCUT2D eigenvalue weighted by molar-refractivity contribution is 7.91. The zero-order valence-electron chi connectivity index (χ0n) is 10.4. The van der Waals surface area contributed by atoms with Gasteiger partial charge in [0.15, 0.2) is 9.84 Å². The van der Waals surface area contributed by atoms with Crippen LogP contribution >= 0.6 is 0 Å². The molecular weight excluding hydrogens is 260 g/mol. The van der Waals surface area contributed by atoms with E-state index in [0.717, 1.165) is 5.56 Å². The van der Waals surface area contributed by atoms with E-state index in [0.29, 0.717) is 4.90 Å². The van der Waals surface area contributed by atoms with E-state index < -0.39 is 15.9 Å². The van der Waals surface area contributed by atoms with Gasteiger partial charge in [-0.1, -0.05) is 48.5 Å². The minimum Gasteiger partial charge on any atom is -0.271 e. The van der Waals surface area contributed by atoms with Crippen LogP contribution in [-0.2, 0) is 9.84 Å². The standard InChI is InChI=1S/C14H16N2O2S/c15-16-14(12-7-3-1-4-8-12)11-19(17,18)13-9-5-2-6-10-13/h1-10,14,16H,11,15H2. The SMILES string of the molecule is NNC(CS(=O)(=O)c1ccccc1)c1ccccc1. The Kier molecular flexibility index (Phi) is 4.31. The van der Waals surface area contributed by atoms with Crippen molar-refractivity contribution in [1.82, 2.24) is 5.43 Å². The van der Waals surface area contributed by atoms with Crippen LogP contribution < -0.4 is 11.3 Å². The van der Waals surface area contributed by atoms with Crippen molar-refractivity contribution in [3.05, 3.63) is 66.2 Å². The van der Waals surface area contributed by atoms with Gasteiger partial charge in [-0.15, -0.1) is 0 Å². The second-order valence-corrected chi connectivity index (χ2v) is 6.26. The Morgan fingerprint density at radius 2 is 1.47 bits per heavy atom. The average Bonchev–Trinajstić information content (AvgIpc) is 2.47. The first kappa shape index (κ1) is 13.7. The number of nitrogens with two attached hydrogens (primary N) is 1. The molecule has 0 fully saturated rings. The molecule has 0 amide bonds. The monoisotopic (exact) mass is 276 g/mol. The van der Waals surface area contributed by atoms with Gasteiger partial charge >= 0.3 is 0 Å². The molecule has 3 N–H and O–H groups in total. The maximum atomic E-state index is 12.3. The fourth-order valence-corrected chi connectivity index (χ4v) is 3.36. The number of nitrogens with one attached hydrogen (secondary N) is 1. The molecule has 1 unspecified atom stereocenters. The highest BCUT2D eigenvalue weighted by Crippen LogP contribution is 2.19. The van der Waals surface area contributed by atoms with Gasteiger partial charge in [-0.2, -0.15) is 0 Å². The Balaban J connectivity index is 2.24. The van der Waals surface area contributed by atoms with Gasteiger partial charge in [-0.05, 0) is 17.7 Å². The van der Waals surface area contributed by atoms with E-state index in [4.69, 9.17) is 5.84 Å². The summed E-state index contributed by atoms with van der Waals surface area (Å²) in [5.41, 5.74) is 3.42. The van der Waals surface area contributed by atoms with Crippen molar-refractivity contribution >= 4 is 9.84 Å². The number of benzene rings is 2. The molecule has 0 heterocycles. The van der Waals surface area contributed by atoms with Crippen LogP contribution in [0.2, 0.25) is 0 Å². The zero-order valence-corrected chi connectivity index (χ0v) is 11.2. The topological polar surface area (TPSA) is 72.2 Å². The molecule has 2 aromatic rings. The molecule has 100 valence electrons. The fraction of sp³-hybridized carbons (Fsp3) is 0.143. The lowest BCUT2D eigenvalue weighted by molar-refractivity contribution is 0.560. The highest BCUT2D eigenvalue weighted by atomic mass is 32.2. The molecule has 5 heteroatoms. The number of rotatable bonds is 5. The Morgan fingerprint density at radius 1 is 0.947 bits per heavy atom. The van der Waals surface area contributed by atoms with Crippen LogP contribution in [0.5, 0.6) is 0 Å². The van der Waals surface area contributed by atoms with Crippen molar-refractivity contribution in [3.63, 3.8) is 0 Å². The maximum absolute atomic E-state index is 12.3. The Labute approximate surface area is 113 Å². The number of hydrogen-bond donors (Lipinski definition) is 2. The van der Waals surface area contributed by atoms with Crippen molar-refractivity contribution in [2.24, 2.45) is 5.84 Å². The van der Waals surface area contributed by atoms with E-state index in [1.807, 2.05) is 30.3 Å². The summed E-state index contributed by atoms with van der Waals surface area (Å²) in [5, 5.41) is 0. The summed E-state index contributed by atoms with van der Waals surface area (Å²) in [7, 11) is -3.36. The molecule has 2 aromatic carbocycles. The van der Waals surface area contributed by atoms with Crippen molar-refractivity contribution in [2.75, 3.05) is 5.75 Å². The van der Waals surface area contributed by atoms with Gasteiger partial charge < -0.3 is 0 Å². The Hall–Kier alpha value is -1.69. The van der Waals surface area contributed by atoms with Crippen LogP contribution in [0.4, 0.5) is 0 Å². The van der Waals surface area contributed by atoms with Crippen LogP contribution in [-0.4, -0.2) is 14.2 Å². The molecule has 4 nitrogen and oxygen atoms in total. The van der Waals surface area contributed by atoms with Gasteiger partial charge in [0.1, 0.15) is 0 Å². The van der Waals surface area contributed by atoms with Gasteiger partial charge in [0.05, 0.1) is 16.7 Å². The predicted molar refractivity (Wildman–Crippen MR) is 75.0 cm³/mol. The summed E-state index contributed by atoms with van der Waals surface area (Å²) < 4.78 is 24.6. The van der Waals surface area contributed by atoms with E-state index in [-0.39, 0.29) is 5.75 Å². The summed E-state index contributed by atoms with van der Waals surface area (Å²) in [6.07, 6.45) is 0.